The van der Waals surface area contributed by atoms with Crippen molar-refractivity contribution in [3.8, 4) is 6.07 Å². The third kappa shape index (κ3) is 2.10. The molecule has 2 aliphatic carbocycles. The highest BCUT2D eigenvalue weighted by Crippen LogP contribution is 2.56. The second-order valence-corrected chi connectivity index (χ2v) is 6.47. The summed E-state index contributed by atoms with van der Waals surface area (Å²) in [5.41, 5.74) is -1.10. The molecule has 0 radical (unpaired) electrons. The standard InChI is InChI=1S/C15H25NO/c1-3-4-13-5-7-14(11-16,8-6-13)15(17)9-12(2)10-15/h12-13,17H,3-10H2,1-2H3. The van der Waals surface area contributed by atoms with Crippen LogP contribution in [0, 0.1) is 28.6 Å². The molecule has 2 nitrogen and oxygen atoms in total. The van der Waals surface area contributed by atoms with E-state index in [-0.39, 0.29) is 0 Å². The Balaban J connectivity index is 2.02. The highest BCUT2D eigenvalue weighted by molar-refractivity contribution is 5.17. The van der Waals surface area contributed by atoms with E-state index in [1.165, 1.54) is 12.8 Å². The SMILES string of the molecule is CCCC1CCC(C#N)(C2(O)CC(C)C2)CC1. The van der Waals surface area contributed by atoms with Crippen LogP contribution in [0.25, 0.3) is 0 Å². The summed E-state index contributed by atoms with van der Waals surface area (Å²) in [5.74, 6) is 1.39. The molecule has 0 saturated heterocycles. The second-order valence-electron chi connectivity index (χ2n) is 6.47. The van der Waals surface area contributed by atoms with Crippen LogP contribution in [0.2, 0.25) is 0 Å². The maximum atomic E-state index is 10.6. The lowest BCUT2D eigenvalue weighted by Gasteiger charge is -2.54. The Bertz CT molecular complexity index is 303. The van der Waals surface area contributed by atoms with Crippen LogP contribution in [0.5, 0.6) is 0 Å². The van der Waals surface area contributed by atoms with Crippen molar-refractivity contribution in [3.05, 3.63) is 0 Å². The van der Waals surface area contributed by atoms with Gasteiger partial charge < -0.3 is 5.11 Å². The lowest BCUT2D eigenvalue weighted by Crippen LogP contribution is -2.57. The quantitative estimate of drug-likeness (QED) is 0.811. The average molecular weight is 235 g/mol. The Morgan fingerprint density at radius 1 is 1.29 bits per heavy atom. The lowest BCUT2D eigenvalue weighted by molar-refractivity contribution is -0.155. The molecule has 0 aliphatic heterocycles. The van der Waals surface area contributed by atoms with E-state index in [0.29, 0.717) is 5.92 Å². The fourth-order valence-electron chi connectivity index (χ4n) is 4.03. The Hall–Kier alpha value is -0.550. The van der Waals surface area contributed by atoms with Crippen molar-refractivity contribution in [2.45, 2.75) is 70.8 Å². The van der Waals surface area contributed by atoms with Crippen LogP contribution in [-0.4, -0.2) is 10.7 Å². The predicted octanol–water partition coefficient (Wildman–Crippen LogP) is 3.65. The summed E-state index contributed by atoms with van der Waals surface area (Å²) in [5, 5.41) is 20.2. The molecule has 2 rings (SSSR count). The normalized spacial score (nSPS) is 46.0. The lowest BCUT2D eigenvalue weighted by atomic mass is 9.52. The van der Waals surface area contributed by atoms with Gasteiger partial charge in [0.1, 0.15) is 0 Å². The highest BCUT2D eigenvalue weighted by Gasteiger charge is 2.57. The summed E-state index contributed by atoms with van der Waals surface area (Å²) in [6.45, 7) is 4.40. The maximum absolute atomic E-state index is 10.6. The first kappa shape index (κ1) is 12.9. The first-order valence-corrected chi connectivity index (χ1v) is 7.19. The third-order valence-corrected chi connectivity index (χ3v) is 5.13. The van der Waals surface area contributed by atoms with Crippen LogP contribution in [0.3, 0.4) is 0 Å². The van der Waals surface area contributed by atoms with Crippen molar-refractivity contribution in [2.24, 2.45) is 17.3 Å². The Morgan fingerprint density at radius 3 is 2.29 bits per heavy atom. The molecule has 0 amide bonds. The van der Waals surface area contributed by atoms with E-state index in [0.717, 1.165) is 44.4 Å². The van der Waals surface area contributed by atoms with E-state index >= 15 is 0 Å². The Labute approximate surface area is 105 Å². The van der Waals surface area contributed by atoms with Crippen molar-refractivity contribution >= 4 is 0 Å². The van der Waals surface area contributed by atoms with Crippen LogP contribution in [0.4, 0.5) is 0 Å². The van der Waals surface area contributed by atoms with Crippen molar-refractivity contribution in [2.75, 3.05) is 0 Å². The van der Waals surface area contributed by atoms with Crippen LogP contribution < -0.4 is 0 Å². The zero-order chi connectivity index (χ0) is 12.5. The summed E-state index contributed by atoms with van der Waals surface area (Å²) < 4.78 is 0. The first-order valence-electron chi connectivity index (χ1n) is 7.19. The first-order chi connectivity index (χ1) is 8.05. The summed E-state index contributed by atoms with van der Waals surface area (Å²) in [6.07, 6.45) is 8.30. The van der Waals surface area contributed by atoms with E-state index in [1.807, 2.05) is 0 Å². The molecule has 0 aromatic carbocycles. The van der Waals surface area contributed by atoms with Crippen molar-refractivity contribution in [1.29, 1.82) is 5.26 Å². The zero-order valence-corrected chi connectivity index (χ0v) is 11.2. The van der Waals surface area contributed by atoms with E-state index in [9.17, 15) is 10.4 Å². The number of nitrogens with zero attached hydrogens (tertiary/aromatic N) is 1. The molecule has 0 aromatic heterocycles. The van der Waals surface area contributed by atoms with Gasteiger partial charge in [-0.15, -0.1) is 0 Å². The van der Waals surface area contributed by atoms with Crippen LogP contribution in [0.1, 0.15) is 65.2 Å². The van der Waals surface area contributed by atoms with Gasteiger partial charge >= 0.3 is 0 Å². The average Bonchev–Trinajstić information content (AvgIpc) is 2.29. The molecule has 0 bridgehead atoms. The molecule has 0 spiro atoms. The summed E-state index contributed by atoms with van der Waals surface area (Å²) in [6, 6.07) is 2.49. The van der Waals surface area contributed by atoms with E-state index < -0.39 is 11.0 Å². The van der Waals surface area contributed by atoms with Crippen LogP contribution in [0.15, 0.2) is 0 Å². The number of rotatable bonds is 3. The molecule has 2 aliphatic rings. The number of nitriles is 1. The van der Waals surface area contributed by atoms with Gasteiger partial charge in [-0.1, -0.05) is 26.7 Å². The van der Waals surface area contributed by atoms with Gasteiger partial charge in [-0.25, -0.2) is 0 Å². The molecule has 17 heavy (non-hydrogen) atoms. The molecule has 0 heterocycles. The monoisotopic (exact) mass is 235 g/mol. The minimum absolute atomic E-state index is 0.427. The topological polar surface area (TPSA) is 44.0 Å². The zero-order valence-electron chi connectivity index (χ0n) is 11.2. The van der Waals surface area contributed by atoms with Gasteiger partial charge in [0.25, 0.3) is 0 Å². The van der Waals surface area contributed by atoms with Gasteiger partial charge in [0.2, 0.25) is 0 Å². The fourth-order valence-corrected chi connectivity index (χ4v) is 4.03. The highest BCUT2D eigenvalue weighted by atomic mass is 16.3. The molecule has 1 N–H and O–H groups in total. The fraction of sp³-hybridized carbons (Fsp3) is 0.933. The molecule has 2 heteroatoms. The van der Waals surface area contributed by atoms with E-state index in [2.05, 4.69) is 19.9 Å². The van der Waals surface area contributed by atoms with Gasteiger partial charge in [-0.3, -0.25) is 0 Å². The predicted molar refractivity (Wildman–Crippen MR) is 68.3 cm³/mol. The molecule has 0 unspecified atom stereocenters. The van der Waals surface area contributed by atoms with Crippen LogP contribution >= 0.6 is 0 Å². The Kier molecular flexibility index (Phi) is 3.50. The van der Waals surface area contributed by atoms with Crippen molar-refractivity contribution < 1.29 is 5.11 Å². The van der Waals surface area contributed by atoms with Gasteiger partial charge in [-0.2, -0.15) is 5.26 Å². The summed E-state index contributed by atoms with van der Waals surface area (Å²) in [4.78, 5) is 0. The molecule has 0 atom stereocenters. The molecule has 96 valence electrons. The van der Waals surface area contributed by atoms with Gasteiger partial charge in [0, 0.05) is 0 Å². The minimum Gasteiger partial charge on any atom is -0.388 e. The van der Waals surface area contributed by atoms with Crippen molar-refractivity contribution in [1.82, 2.24) is 0 Å². The molecule has 2 saturated carbocycles. The number of hydrogen-bond donors (Lipinski definition) is 1. The van der Waals surface area contributed by atoms with Gasteiger partial charge in [-0.05, 0) is 50.4 Å². The second kappa shape index (κ2) is 4.61. The van der Waals surface area contributed by atoms with Crippen molar-refractivity contribution in [3.63, 3.8) is 0 Å². The van der Waals surface area contributed by atoms with Gasteiger partial charge in [0.05, 0.1) is 17.1 Å². The molecular formula is C15H25NO. The van der Waals surface area contributed by atoms with Crippen LogP contribution in [-0.2, 0) is 0 Å². The smallest absolute Gasteiger partial charge is 0.0860 e. The third-order valence-electron chi connectivity index (χ3n) is 5.13. The van der Waals surface area contributed by atoms with Gasteiger partial charge in [0.15, 0.2) is 0 Å². The summed E-state index contributed by atoms with van der Waals surface area (Å²) in [7, 11) is 0. The van der Waals surface area contributed by atoms with E-state index in [4.69, 9.17) is 0 Å². The largest absolute Gasteiger partial charge is 0.388 e. The maximum Gasteiger partial charge on any atom is 0.0860 e. The molecule has 0 aromatic rings. The number of hydrogen-bond acceptors (Lipinski definition) is 2. The summed E-state index contributed by atoms with van der Waals surface area (Å²) >= 11 is 0. The molecule has 2 fully saturated rings. The Morgan fingerprint density at radius 2 is 1.88 bits per heavy atom. The minimum atomic E-state index is -0.668. The van der Waals surface area contributed by atoms with E-state index in [1.54, 1.807) is 0 Å². The number of aliphatic hydroxyl groups is 1. The molecular weight excluding hydrogens is 210 g/mol.